The molecule has 8 heteroatoms. The van der Waals surface area contributed by atoms with E-state index in [-0.39, 0.29) is 17.9 Å². The van der Waals surface area contributed by atoms with Crippen molar-refractivity contribution in [2.45, 2.75) is 52.5 Å². The number of amides is 1. The summed E-state index contributed by atoms with van der Waals surface area (Å²) >= 11 is 1.53. The lowest BCUT2D eigenvalue weighted by Gasteiger charge is -2.26. The molecule has 2 N–H and O–H groups in total. The van der Waals surface area contributed by atoms with Gasteiger partial charge in [0.25, 0.3) is 0 Å². The Labute approximate surface area is 183 Å². The second kappa shape index (κ2) is 11.2. The summed E-state index contributed by atoms with van der Waals surface area (Å²) in [5.74, 6) is 0.159. The lowest BCUT2D eigenvalue weighted by atomic mass is 9.88. The van der Waals surface area contributed by atoms with Gasteiger partial charge in [-0.15, -0.1) is 11.3 Å². The molecule has 1 aromatic rings. The normalized spacial score (nSPS) is 20.4. The Balaban J connectivity index is 1.56. The van der Waals surface area contributed by atoms with Crippen molar-refractivity contribution in [1.29, 1.82) is 0 Å². The van der Waals surface area contributed by atoms with Gasteiger partial charge in [0.2, 0.25) is 5.91 Å². The minimum absolute atomic E-state index is 0.112. The van der Waals surface area contributed by atoms with Crippen molar-refractivity contribution in [2.75, 3.05) is 51.3 Å². The number of carbonyl (C=O) groups excluding carboxylic acids is 2. The first kappa shape index (κ1) is 23.2. The van der Waals surface area contributed by atoms with Gasteiger partial charge < -0.3 is 20.1 Å². The minimum atomic E-state index is -0.331. The topological polar surface area (TPSA) is 79.9 Å². The second-order valence-electron chi connectivity index (χ2n) is 8.25. The maximum Gasteiger partial charge on any atom is 0.341 e. The molecule has 0 saturated carbocycles. The average Bonchev–Trinajstić information content (AvgIpc) is 3.08. The molecule has 2 atom stereocenters. The van der Waals surface area contributed by atoms with E-state index in [1.54, 1.807) is 6.92 Å². The van der Waals surface area contributed by atoms with Crippen LogP contribution in [0, 0.1) is 5.92 Å². The van der Waals surface area contributed by atoms with Gasteiger partial charge >= 0.3 is 5.97 Å². The van der Waals surface area contributed by atoms with Crippen LogP contribution in [0.15, 0.2) is 0 Å². The van der Waals surface area contributed by atoms with Crippen LogP contribution in [0.2, 0.25) is 0 Å². The number of anilines is 1. The number of nitrogens with one attached hydrogen (secondary N) is 2. The highest BCUT2D eigenvalue weighted by molar-refractivity contribution is 7.17. The fourth-order valence-corrected chi connectivity index (χ4v) is 5.42. The number of carbonyl (C=O) groups is 2. The third kappa shape index (κ3) is 6.03. The summed E-state index contributed by atoms with van der Waals surface area (Å²) in [6.07, 6.45) is 3.87. The first-order valence-corrected chi connectivity index (χ1v) is 12.0. The van der Waals surface area contributed by atoms with Crippen LogP contribution in [-0.2, 0) is 27.1 Å². The Morgan fingerprint density at radius 1 is 1.33 bits per heavy atom. The van der Waals surface area contributed by atoms with E-state index in [0.717, 1.165) is 70.6 Å². The number of hydrogen-bond donors (Lipinski definition) is 2. The number of fused-ring (bicyclic) bond motifs is 1. The van der Waals surface area contributed by atoms with E-state index < -0.39 is 0 Å². The van der Waals surface area contributed by atoms with Gasteiger partial charge in [-0.3, -0.25) is 9.69 Å². The van der Waals surface area contributed by atoms with E-state index in [2.05, 4.69) is 22.5 Å². The van der Waals surface area contributed by atoms with Crippen LogP contribution in [0.4, 0.5) is 5.00 Å². The highest BCUT2D eigenvalue weighted by Crippen LogP contribution is 2.40. The van der Waals surface area contributed by atoms with Gasteiger partial charge in [-0.25, -0.2) is 4.79 Å². The lowest BCUT2D eigenvalue weighted by molar-refractivity contribution is -0.117. The first-order chi connectivity index (χ1) is 14.5. The predicted octanol–water partition coefficient (Wildman–Crippen LogP) is 2.69. The fraction of sp³-hybridized carbons (Fsp3) is 0.727. The van der Waals surface area contributed by atoms with Crippen molar-refractivity contribution >= 4 is 28.2 Å². The molecule has 1 fully saturated rings. The number of ether oxygens (including phenoxy) is 2. The van der Waals surface area contributed by atoms with Crippen LogP contribution in [0.25, 0.3) is 0 Å². The van der Waals surface area contributed by atoms with Gasteiger partial charge in [0.05, 0.1) is 31.4 Å². The van der Waals surface area contributed by atoms with Gasteiger partial charge in [-0.1, -0.05) is 6.92 Å². The lowest BCUT2D eigenvalue weighted by Crippen LogP contribution is -2.41. The summed E-state index contributed by atoms with van der Waals surface area (Å²) in [4.78, 5) is 29.0. The van der Waals surface area contributed by atoms with Gasteiger partial charge in [-0.2, -0.15) is 0 Å². The molecule has 30 heavy (non-hydrogen) atoms. The number of thiophene rings is 1. The van der Waals surface area contributed by atoms with E-state index >= 15 is 0 Å². The molecule has 1 aliphatic carbocycles. The van der Waals surface area contributed by atoms with Crippen LogP contribution in [0.3, 0.4) is 0 Å². The molecule has 3 rings (SSSR count). The van der Waals surface area contributed by atoms with Crippen LogP contribution >= 0.6 is 11.3 Å². The van der Waals surface area contributed by atoms with Crippen molar-refractivity contribution in [2.24, 2.45) is 5.92 Å². The molecule has 0 unspecified atom stereocenters. The Hall–Kier alpha value is -1.48. The Morgan fingerprint density at radius 2 is 2.10 bits per heavy atom. The average molecular weight is 438 g/mol. The highest BCUT2D eigenvalue weighted by atomic mass is 32.1. The number of morpholine rings is 1. The van der Waals surface area contributed by atoms with E-state index in [4.69, 9.17) is 9.47 Å². The molecule has 7 nitrogen and oxygen atoms in total. The number of rotatable bonds is 9. The van der Waals surface area contributed by atoms with Gasteiger partial charge in [0.15, 0.2) is 0 Å². The van der Waals surface area contributed by atoms with Crippen molar-refractivity contribution in [3.05, 3.63) is 16.0 Å². The highest BCUT2D eigenvalue weighted by Gasteiger charge is 2.29. The van der Waals surface area contributed by atoms with Crippen molar-refractivity contribution < 1.29 is 19.1 Å². The number of hydrogen-bond acceptors (Lipinski definition) is 7. The molecule has 0 bridgehead atoms. The smallest absolute Gasteiger partial charge is 0.341 e. The molecule has 0 radical (unpaired) electrons. The summed E-state index contributed by atoms with van der Waals surface area (Å²) < 4.78 is 10.7. The summed E-state index contributed by atoms with van der Waals surface area (Å²) in [5.41, 5.74) is 1.63. The molecule has 2 heterocycles. The maximum atomic E-state index is 12.8. The molecule has 0 spiro atoms. The van der Waals surface area contributed by atoms with E-state index in [9.17, 15) is 9.59 Å². The Kier molecular flexibility index (Phi) is 8.68. The van der Waals surface area contributed by atoms with Crippen molar-refractivity contribution in [3.63, 3.8) is 0 Å². The quantitative estimate of drug-likeness (QED) is 0.457. The molecule has 1 aromatic heterocycles. The van der Waals surface area contributed by atoms with Gasteiger partial charge in [0, 0.05) is 18.0 Å². The number of nitrogens with zero attached hydrogens (tertiary/aromatic N) is 1. The second-order valence-corrected chi connectivity index (χ2v) is 9.35. The molecule has 1 saturated heterocycles. The molecular formula is C22H35N3O4S. The summed E-state index contributed by atoms with van der Waals surface area (Å²) in [6.45, 7) is 11.6. The fourth-order valence-electron chi connectivity index (χ4n) is 4.02. The van der Waals surface area contributed by atoms with E-state index in [0.29, 0.717) is 23.1 Å². The zero-order valence-electron chi connectivity index (χ0n) is 18.4. The van der Waals surface area contributed by atoms with E-state index in [1.165, 1.54) is 16.2 Å². The first-order valence-electron chi connectivity index (χ1n) is 11.2. The van der Waals surface area contributed by atoms with Gasteiger partial charge in [-0.05, 0) is 64.1 Å². The molecular weight excluding hydrogens is 402 g/mol. The van der Waals surface area contributed by atoms with Crippen LogP contribution in [0.1, 0.15) is 54.4 Å². The Bertz CT molecular complexity index is 730. The zero-order valence-corrected chi connectivity index (χ0v) is 19.2. The van der Waals surface area contributed by atoms with Crippen molar-refractivity contribution in [3.8, 4) is 0 Å². The van der Waals surface area contributed by atoms with Crippen molar-refractivity contribution in [1.82, 2.24) is 10.2 Å². The molecule has 168 valence electrons. The SMILES string of the molecule is CCOC(=O)c1c(NC(=O)[C@H](C)NCCCN2CCOCC2)sc2c1CC[C@@H](C)C2. The molecule has 1 amide bonds. The summed E-state index contributed by atoms with van der Waals surface area (Å²) in [6, 6.07) is -0.331. The van der Waals surface area contributed by atoms with Crippen LogP contribution < -0.4 is 10.6 Å². The molecule has 0 aromatic carbocycles. The summed E-state index contributed by atoms with van der Waals surface area (Å²) in [7, 11) is 0. The molecule has 2 aliphatic rings. The van der Waals surface area contributed by atoms with Crippen LogP contribution in [-0.4, -0.2) is 68.8 Å². The van der Waals surface area contributed by atoms with E-state index in [1.807, 2.05) is 6.92 Å². The standard InChI is InChI=1S/C22H35N3O4S/c1-4-29-22(27)19-17-7-6-15(2)14-18(17)30-21(19)24-20(26)16(3)23-8-5-9-25-10-12-28-13-11-25/h15-16,23H,4-14H2,1-3H3,(H,24,26)/t15-,16+/m1/s1. The number of esters is 1. The Morgan fingerprint density at radius 3 is 2.83 bits per heavy atom. The maximum absolute atomic E-state index is 12.8. The third-order valence-electron chi connectivity index (χ3n) is 5.83. The third-order valence-corrected chi connectivity index (χ3v) is 7.00. The van der Waals surface area contributed by atoms with Crippen LogP contribution in [0.5, 0.6) is 0 Å². The van der Waals surface area contributed by atoms with Gasteiger partial charge in [0.1, 0.15) is 5.00 Å². The largest absolute Gasteiger partial charge is 0.462 e. The summed E-state index contributed by atoms with van der Waals surface area (Å²) in [5, 5.41) is 6.94. The zero-order chi connectivity index (χ0) is 21.5. The minimum Gasteiger partial charge on any atom is -0.462 e. The molecule has 1 aliphatic heterocycles. The monoisotopic (exact) mass is 437 g/mol. The predicted molar refractivity (Wildman–Crippen MR) is 119 cm³/mol.